The lowest BCUT2D eigenvalue weighted by Gasteiger charge is -2.20. The predicted molar refractivity (Wildman–Crippen MR) is 112 cm³/mol. The Hall–Kier alpha value is -2.49. The number of alkyl halides is 3. The van der Waals surface area contributed by atoms with Gasteiger partial charge in [-0.15, -0.1) is 16.4 Å². The number of hydrogen-bond acceptors (Lipinski definition) is 5. The number of hydrogen-bond donors (Lipinski definition) is 0. The molecule has 1 aliphatic rings. The molecule has 31 heavy (non-hydrogen) atoms. The highest BCUT2D eigenvalue weighted by atomic mass is 32.1. The molecule has 5 rings (SSSR count). The van der Waals surface area contributed by atoms with Crippen molar-refractivity contribution in [2.45, 2.75) is 65.1 Å². The van der Waals surface area contributed by atoms with Crippen LogP contribution >= 0.6 is 11.3 Å². The van der Waals surface area contributed by atoms with E-state index in [1.807, 2.05) is 6.92 Å². The molecule has 2 unspecified atom stereocenters. The van der Waals surface area contributed by atoms with Gasteiger partial charge in [0.2, 0.25) is 0 Å². The third kappa shape index (κ3) is 3.50. The number of fused-ring (bicyclic) bond motifs is 5. The second kappa shape index (κ2) is 7.29. The Morgan fingerprint density at radius 3 is 2.81 bits per heavy atom. The van der Waals surface area contributed by atoms with Gasteiger partial charge in [0, 0.05) is 16.5 Å². The van der Waals surface area contributed by atoms with Crippen molar-refractivity contribution in [3.63, 3.8) is 0 Å². The highest BCUT2D eigenvalue weighted by Crippen LogP contribution is 2.39. The third-order valence-corrected chi connectivity index (χ3v) is 7.40. The minimum Gasteiger partial charge on any atom is -0.269 e. The number of thiophene rings is 1. The number of aromatic nitrogens is 6. The molecule has 0 spiro atoms. The first-order valence-electron chi connectivity index (χ1n) is 10.5. The maximum Gasteiger partial charge on any atom is 0.435 e. The molecule has 0 radical (unpaired) electrons. The van der Waals surface area contributed by atoms with Crippen molar-refractivity contribution < 1.29 is 13.2 Å². The molecule has 164 valence electrons. The molecule has 4 aromatic heterocycles. The number of rotatable bonds is 4. The van der Waals surface area contributed by atoms with Crippen LogP contribution in [0.3, 0.4) is 0 Å². The van der Waals surface area contributed by atoms with Crippen LogP contribution in [0.2, 0.25) is 0 Å². The molecule has 6 nitrogen and oxygen atoms in total. The van der Waals surface area contributed by atoms with E-state index in [0.717, 1.165) is 40.7 Å². The Kier molecular flexibility index (Phi) is 4.80. The van der Waals surface area contributed by atoms with Gasteiger partial charge >= 0.3 is 6.18 Å². The Morgan fingerprint density at radius 2 is 2.10 bits per heavy atom. The summed E-state index contributed by atoms with van der Waals surface area (Å²) in [5.74, 6) is 1.11. The molecular formula is C21H23F3N6S. The summed E-state index contributed by atoms with van der Waals surface area (Å²) in [5.41, 5.74) is 1.71. The fraction of sp³-hybridized carbons (Fsp3) is 0.524. The van der Waals surface area contributed by atoms with Crippen LogP contribution in [-0.4, -0.2) is 29.4 Å². The monoisotopic (exact) mass is 448 g/mol. The Morgan fingerprint density at radius 1 is 1.29 bits per heavy atom. The highest BCUT2D eigenvalue weighted by molar-refractivity contribution is 7.19. The fourth-order valence-corrected chi connectivity index (χ4v) is 5.69. The van der Waals surface area contributed by atoms with Gasteiger partial charge in [0.05, 0.1) is 11.9 Å². The number of halogens is 3. The quantitative estimate of drug-likeness (QED) is 0.432. The largest absolute Gasteiger partial charge is 0.435 e. The summed E-state index contributed by atoms with van der Waals surface area (Å²) in [5, 5.41) is 9.40. The number of nitrogens with zero attached hydrogens (tertiary/aromatic N) is 6. The summed E-state index contributed by atoms with van der Waals surface area (Å²) < 4.78 is 42.0. The van der Waals surface area contributed by atoms with E-state index in [2.05, 4.69) is 22.1 Å². The summed E-state index contributed by atoms with van der Waals surface area (Å²) in [6.45, 7) is 6.04. The molecule has 0 saturated carbocycles. The van der Waals surface area contributed by atoms with Gasteiger partial charge in [-0.25, -0.2) is 14.5 Å². The van der Waals surface area contributed by atoms with E-state index in [1.54, 1.807) is 29.1 Å². The predicted octanol–water partition coefficient (Wildman–Crippen LogP) is 5.18. The molecule has 0 amide bonds. The van der Waals surface area contributed by atoms with Crippen molar-refractivity contribution in [1.29, 1.82) is 0 Å². The van der Waals surface area contributed by atoms with E-state index in [-0.39, 0.29) is 12.5 Å². The lowest BCUT2D eigenvalue weighted by Crippen LogP contribution is -2.12. The van der Waals surface area contributed by atoms with Crippen molar-refractivity contribution >= 4 is 27.2 Å². The first-order chi connectivity index (χ1) is 14.7. The molecule has 2 atom stereocenters. The minimum atomic E-state index is -4.45. The van der Waals surface area contributed by atoms with Crippen LogP contribution in [0.25, 0.3) is 15.9 Å². The second-order valence-electron chi connectivity index (χ2n) is 8.44. The molecule has 0 bridgehead atoms. The first kappa shape index (κ1) is 20.4. The molecule has 0 aliphatic heterocycles. The van der Waals surface area contributed by atoms with Gasteiger partial charge in [0.25, 0.3) is 0 Å². The van der Waals surface area contributed by atoms with Crippen molar-refractivity contribution in [3.8, 4) is 0 Å². The van der Waals surface area contributed by atoms with Crippen LogP contribution in [0, 0.1) is 12.8 Å². The van der Waals surface area contributed by atoms with Crippen LogP contribution in [0.4, 0.5) is 13.2 Å². The van der Waals surface area contributed by atoms with E-state index in [0.29, 0.717) is 11.5 Å². The standard InChI is InChI=1S/C21H23F3N6S/c1-4-13-5-6-14-15(8-13)31-20-17(14)19-26-18(28-30(19)10-25-20)11(2)9-29-12(3)7-16(27-29)21(22,23)24/h7,10-11,13H,4-6,8-9H2,1-3H3. The molecule has 4 heterocycles. The smallest absolute Gasteiger partial charge is 0.269 e. The van der Waals surface area contributed by atoms with Gasteiger partial charge in [-0.3, -0.25) is 4.68 Å². The number of aryl methyl sites for hydroxylation is 2. The average Bonchev–Trinajstić information content (AvgIpc) is 3.41. The van der Waals surface area contributed by atoms with Gasteiger partial charge < -0.3 is 0 Å². The maximum absolute atomic E-state index is 13.0. The lowest BCUT2D eigenvalue weighted by atomic mass is 9.86. The second-order valence-corrected chi connectivity index (χ2v) is 9.52. The summed E-state index contributed by atoms with van der Waals surface area (Å²) in [7, 11) is 0. The summed E-state index contributed by atoms with van der Waals surface area (Å²) >= 11 is 1.75. The topological polar surface area (TPSA) is 60.9 Å². The zero-order valence-electron chi connectivity index (χ0n) is 17.6. The van der Waals surface area contributed by atoms with Crippen molar-refractivity contribution in [3.05, 3.63) is 40.0 Å². The third-order valence-electron chi connectivity index (χ3n) is 6.24. The average molecular weight is 449 g/mol. The maximum atomic E-state index is 13.0. The molecule has 0 fully saturated rings. The van der Waals surface area contributed by atoms with Crippen molar-refractivity contribution in [2.75, 3.05) is 0 Å². The van der Waals surface area contributed by atoms with E-state index in [1.165, 1.54) is 28.0 Å². The molecule has 1 aliphatic carbocycles. The van der Waals surface area contributed by atoms with Crippen LogP contribution in [-0.2, 0) is 25.6 Å². The minimum absolute atomic E-state index is 0.200. The Balaban J connectivity index is 1.49. The first-order valence-corrected chi connectivity index (χ1v) is 11.3. The summed E-state index contributed by atoms with van der Waals surface area (Å²) in [6, 6.07) is 1.07. The van der Waals surface area contributed by atoms with Crippen molar-refractivity contribution in [2.24, 2.45) is 5.92 Å². The Labute approximate surface area is 181 Å². The molecular weight excluding hydrogens is 425 g/mol. The van der Waals surface area contributed by atoms with Gasteiger partial charge in [-0.05, 0) is 43.7 Å². The summed E-state index contributed by atoms with van der Waals surface area (Å²) in [6.07, 6.45) is 1.71. The summed E-state index contributed by atoms with van der Waals surface area (Å²) in [4.78, 5) is 11.8. The zero-order valence-corrected chi connectivity index (χ0v) is 18.4. The van der Waals surface area contributed by atoms with Gasteiger partial charge in [-0.2, -0.15) is 18.3 Å². The van der Waals surface area contributed by atoms with E-state index in [4.69, 9.17) is 4.98 Å². The van der Waals surface area contributed by atoms with E-state index >= 15 is 0 Å². The lowest BCUT2D eigenvalue weighted by molar-refractivity contribution is -0.141. The molecule has 0 aromatic carbocycles. The zero-order chi connectivity index (χ0) is 21.9. The van der Waals surface area contributed by atoms with Crippen LogP contribution < -0.4 is 0 Å². The van der Waals surface area contributed by atoms with Crippen LogP contribution in [0.15, 0.2) is 12.4 Å². The molecule has 0 N–H and O–H groups in total. The van der Waals surface area contributed by atoms with Gasteiger partial charge in [0.15, 0.2) is 17.2 Å². The molecule has 10 heteroatoms. The molecule has 4 aromatic rings. The Bertz CT molecular complexity index is 1270. The van der Waals surface area contributed by atoms with E-state index < -0.39 is 11.9 Å². The highest BCUT2D eigenvalue weighted by Gasteiger charge is 2.34. The van der Waals surface area contributed by atoms with Crippen molar-refractivity contribution in [1.82, 2.24) is 29.4 Å². The molecule has 0 saturated heterocycles. The van der Waals surface area contributed by atoms with Crippen LogP contribution in [0.1, 0.15) is 60.3 Å². The SMILES string of the molecule is CCC1CCc2c(sc3ncn4nc(C(C)Cn5nc(C(F)(F)F)cc5C)nc4c23)C1. The fourth-order valence-electron chi connectivity index (χ4n) is 4.39. The van der Waals surface area contributed by atoms with Gasteiger partial charge in [-0.1, -0.05) is 20.3 Å². The normalized spacial score (nSPS) is 18.1. The van der Waals surface area contributed by atoms with E-state index in [9.17, 15) is 13.2 Å². The van der Waals surface area contributed by atoms with Gasteiger partial charge in [0.1, 0.15) is 11.2 Å². The van der Waals surface area contributed by atoms with Crippen LogP contribution in [0.5, 0.6) is 0 Å².